The zero-order valence-electron chi connectivity index (χ0n) is 15.2. The zero-order valence-corrected chi connectivity index (χ0v) is 15.2. The van der Waals surface area contributed by atoms with Crippen LogP contribution in [0.3, 0.4) is 0 Å². The molecule has 0 atom stereocenters. The zero-order chi connectivity index (χ0) is 18.8. The summed E-state index contributed by atoms with van der Waals surface area (Å²) >= 11 is 0. The first-order valence-corrected chi connectivity index (χ1v) is 8.25. The molecular formula is C18H26O7. The van der Waals surface area contributed by atoms with Crippen molar-refractivity contribution in [3.63, 3.8) is 0 Å². The molecule has 0 spiro atoms. The SMILES string of the molecule is CCCOc1cc(CC(C(=O)OC)C(=O)OC)cc(OCCC)c1O. The highest BCUT2D eigenvalue weighted by molar-refractivity contribution is 5.95. The average Bonchev–Trinajstić information content (AvgIpc) is 2.63. The van der Waals surface area contributed by atoms with Gasteiger partial charge < -0.3 is 24.1 Å². The van der Waals surface area contributed by atoms with Gasteiger partial charge in [-0.15, -0.1) is 0 Å². The van der Waals surface area contributed by atoms with Gasteiger partial charge in [-0.3, -0.25) is 9.59 Å². The number of aromatic hydroxyl groups is 1. The molecule has 0 aliphatic carbocycles. The van der Waals surface area contributed by atoms with Gasteiger partial charge in [0.1, 0.15) is 0 Å². The Bertz CT molecular complexity index is 538. The summed E-state index contributed by atoms with van der Waals surface area (Å²) in [7, 11) is 2.42. The van der Waals surface area contributed by atoms with Crippen LogP contribution in [-0.2, 0) is 25.5 Å². The van der Waals surface area contributed by atoms with Crippen molar-refractivity contribution >= 4 is 11.9 Å². The van der Waals surface area contributed by atoms with Gasteiger partial charge in [0.2, 0.25) is 5.75 Å². The number of carbonyl (C=O) groups excluding carboxylic acids is 2. The molecule has 25 heavy (non-hydrogen) atoms. The highest BCUT2D eigenvalue weighted by Crippen LogP contribution is 2.38. The lowest BCUT2D eigenvalue weighted by Gasteiger charge is -2.16. The molecule has 0 bridgehead atoms. The van der Waals surface area contributed by atoms with Crippen molar-refractivity contribution in [1.29, 1.82) is 0 Å². The van der Waals surface area contributed by atoms with Crippen molar-refractivity contribution in [3.05, 3.63) is 17.7 Å². The van der Waals surface area contributed by atoms with Gasteiger partial charge in [-0.1, -0.05) is 13.8 Å². The van der Waals surface area contributed by atoms with Crippen LogP contribution < -0.4 is 9.47 Å². The molecule has 7 heteroatoms. The minimum atomic E-state index is -1.10. The van der Waals surface area contributed by atoms with Gasteiger partial charge in [0.15, 0.2) is 17.4 Å². The Morgan fingerprint density at radius 2 is 1.40 bits per heavy atom. The molecule has 1 aromatic carbocycles. The monoisotopic (exact) mass is 354 g/mol. The summed E-state index contributed by atoms with van der Waals surface area (Å²) in [5, 5.41) is 10.3. The Kier molecular flexibility index (Phi) is 8.60. The fraction of sp³-hybridized carbons (Fsp3) is 0.556. The summed E-state index contributed by atoms with van der Waals surface area (Å²) in [6.45, 7) is 4.73. The van der Waals surface area contributed by atoms with Gasteiger partial charge in [-0.25, -0.2) is 0 Å². The molecule has 0 radical (unpaired) electrons. The fourth-order valence-electron chi connectivity index (χ4n) is 2.18. The minimum absolute atomic E-state index is 0.0462. The highest BCUT2D eigenvalue weighted by Gasteiger charge is 2.29. The largest absolute Gasteiger partial charge is 0.502 e. The van der Waals surface area contributed by atoms with Crippen molar-refractivity contribution < 1.29 is 33.6 Å². The lowest BCUT2D eigenvalue weighted by molar-refractivity contribution is -0.158. The lowest BCUT2D eigenvalue weighted by atomic mass is 9.98. The molecule has 0 saturated heterocycles. The summed E-state index contributed by atoms with van der Waals surface area (Å²) in [4.78, 5) is 23.7. The van der Waals surface area contributed by atoms with E-state index in [9.17, 15) is 14.7 Å². The number of phenols is 1. The van der Waals surface area contributed by atoms with Gasteiger partial charge >= 0.3 is 11.9 Å². The van der Waals surface area contributed by atoms with E-state index in [0.717, 1.165) is 12.8 Å². The third-order valence-electron chi connectivity index (χ3n) is 3.43. The standard InChI is InChI=1S/C18H26O7/c1-5-7-24-14-10-12(11-15(16(14)19)25-8-6-2)9-13(17(20)22-3)18(21)23-4/h10-11,13,19H,5-9H2,1-4H3. The maximum atomic E-state index is 11.9. The molecule has 7 nitrogen and oxygen atoms in total. The minimum Gasteiger partial charge on any atom is -0.502 e. The number of benzene rings is 1. The van der Waals surface area contributed by atoms with Gasteiger partial charge in [-0.2, -0.15) is 0 Å². The Balaban J connectivity index is 3.17. The summed E-state index contributed by atoms with van der Waals surface area (Å²) < 4.78 is 20.4. The normalized spacial score (nSPS) is 10.4. The Morgan fingerprint density at radius 1 is 0.960 bits per heavy atom. The van der Waals surface area contributed by atoms with E-state index >= 15 is 0 Å². The summed E-state index contributed by atoms with van der Waals surface area (Å²) in [6.07, 6.45) is 1.58. The molecule has 0 saturated carbocycles. The molecule has 1 rings (SSSR count). The number of carbonyl (C=O) groups is 2. The lowest BCUT2D eigenvalue weighted by Crippen LogP contribution is -2.28. The Morgan fingerprint density at radius 3 is 1.76 bits per heavy atom. The number of hydrogen-bond acceptors (Lipinski definition) is 7. The maximum absolute atomic E-state index is 11.9. The first-order valence-electron chi connectivity index (χ1n) is 8.25. The molecule has 0 fully saturated rings. The van der Waals surface area contributed by atoms with Crippen LogP contribution in [0.5, 0.6) is 17.2 Å². The van der Waals surface area contributed by atoms with Gasteiger partial charge in [0, 0.05) is 0 Å². The topological polar surface area (TPSA) is 91.3 Å². The molecule has 0 aromatic heterocycles. The van der Waals surface area contributed by atoms with Crippen molar-refractivity contribution in [3.8, 4) is 17.2 Å². The smallest absolute Gasteiger partial charge is 0.320 e. The van der Waals surface area contributed by atoms with Crippen LogP contribution in [0.25, 0.3) is 0 Å². The number of hydrogen-bond donors (Lipinski definition) is 1. The van der Waals surface area contributed by atoms with Crippen LogP contribution in [0.2, 0.25) is 0 Å². The van der Waals surface area contributed by atoms with Crippen molar-refractivity contribution in [2.75, 3.05) is 27.4 Å². The van der Waals surface area contributed by atoms with E-state index in [1.165, 1.54) is 14.2 Å². The second-order valence-electron chi connectivity index (χ2n) is 5.44. The first-order chi connectivity index (χ1) is 12.0. The van der Waals surface area contributed by atoms with E-state index in [4.69, 9.17) is 9.47 Å². The number of ether oxygens (including phenoxy) is 4. The van der Waals surface area contributed by atoms with Gasteiger partial charge in [0.05, 0.1) is 27.4 Å². The molecule has 0 aliphatic heterocycles. The first kappa shape index (κ1) is 20.6. The van der Waals surface area contributed by atoms with Gasteiger partial charge in [-0.05, 0) is 37.0 Å². The van der Waals surface area contributed by atoms with Crippen LogP contribution >= 0.6 is 0 Å². The summed E-state index contributed by atoms with van der Waals surface area (Å²) in [5.41, 5.74) is 0.593. The predicted octanol–water partition coefficient (Wildman–Crippen LogP) is 2.47. The molecule has 0 unspecified atom stereocenters. The van der Waals surface area contributed by atoms with E-state index in [-0.39, 0.29) is 23.7 Å². The van der Waals surface area contributed by atoms with Crippen molar-refractivity contribution in [2.45, 2.75) is 33.1 Å². The van der Waals surface area contributed by atoms with Crippen LogP contribution in [0.4, 0.5) is 0 Å². The summed E-state index contributed by atoms with van der Waals surface area (Å²) in [5.74, 6) is -2.08. The van der Waals surface area contributed by atoms with Crippen molar-refractivity contribution in [2.24, 2.45) is 5.92 Å². The Labute approximate surface area is 147 Å². The molecule has 140 valence electrons. The molecular weight excluding hydrogens is 328 g/mol. The number of methoxy groups -OCH3 is 2. The Hall–Kier alpha value is -2.44. The molecule has 1 N–H and O–H groups in total. The molecule has 0 aliphatic rings. The van der Waals surface area contributed by atoms with E-state index in [2.05, 4.69) is 9.47 Å². The van der Waals surface area contributed by atoms with Crippen LogP contribution in [0.1, 0.15) is 32.3 Å². The number of rotatable bonds is 10. The second kappa shape index (κ2) is 10.4. The van der Waals surface area contributed by atoms with E-state index < -0.39 is 17.9 Å². The van der Waals surface area contributed by atoms with Crippen LogP contribution in [-0.4, -0.2) is 44.5 Å². The fourth-order valence-corrected chi connectivity index (χ4v) is 2.18. The molecule has 0 heterocycles. The van der Waals surface area contributed by atoms with E-state index in [1.54, 1.807) is 12.1 Å². The predicted molar refractivity (Wildman–Crippen MR) is 90.9 cm³/mol. The number of esters is 2. The summed E-state index contributed by atoms with van der Waals surface area (Å²) in [6, 6.07) is 3.17. The molecule has 0 amide bonds. The molecule has 1 aromatic rings. The highest BCUT2D eigenvalue weighted by atomic mass is 16.5. The third-order valence-corrected chi connectivity index (χ3v) is 3.43. The van der Waals surface area contributed by atoms with Crippen LogP contribution in [0.15, 0.2) is 12.1 Å². The van der Waals surface area contributed by atoms with E-state index in [1.807, 2.05) is 13.8 Å². The van der Waals surface area contributed by atoms with E-state index in [0.29, 0.717) is 18.8 Å². The quantitative estimate of drug-likeness (QED) is 0.510. The average molecular weight is 354 g/mol. The van der Waals surface area contributed by atoms with Crippen LogP contribution in [0, 0.1) is 5.92 Å². The number of phenolic OH excluding ortho intramolecular Hbond substituents is 1. The van der Waals surface area contributed by atoms with Gasteiger partial charge in [0.25, 0.3) is 0 Å². The second-order valence-corrected chi connectivity index (χ2v) is 5.44. The maximum Gasteiger partial charge on any atom is 0.320 e. The van der Waals surface area contributed by atoms with Crippen molar-refractivity contribution in [1.82, 2.24) is 0 Å². The third kappa shape index (κ3) is 5.85.